The number of aryl methyl sites for hydroxylation is 1. The van der Waals surface area contributed by atoms with Gasteiger partial charge in [0.15, 0.2) is 6.61 Å². The molecule has 1 heterocycles. The zero-order valence-corrected chi connectivity index (χ0v) is 12.4. The summed E-state index contributed by atoms with van der Waals surface area (Å²) in [6, 6.07) is 15.2. The second kappa shape index (κ2) is 6.36. The van der Waals surface area contributed by atoms with Crippen molar-refractivity contribution in [3.8, 4) is 11.5 Å². The Kier molecular flexibility index (Phi) is 4.10. The average molecular weight is 310 g/mol. The van der Waals surface area contributed by atoms with Gasteiger partial charge in [0.1, 0.15) is 17.1 Å². The normalized spacial score (nSPS) is 10.5. The Hall–Kier alpha value is -3.08. The van der Waals surface area contributed by atoms with E-state index < -0.39 is 11.6 Å². The quantitative estimate of drug-likeness (QED) is 0.421. The molecule has 0 bridgehead atoms. The van der Waals surface area contributed by atoms with E-state index in [1.54, 1.807) is 24.3 Å². The number of hydrogen-bond acceptors (Lipinski definition) is 5. The standard InChI is InChI=1S/C18H14O5/c1-12-3-2-4-14(9-12)21-11-18(20)22-15-7-5-13-6-8-17(19)23-16(13)10-15/h2-10H,11H2,1H3. The van der Waals surface area contributed by atoms with Gasteiger partial charge in [-0.1, -0.05) is 12.1 Å². The summed E-state index contributed by atoms with van der Waals surface area (Å²) in [5.74, 6) is 0.361. The van der Waals surface area contributed by atoms with E-state index >= 15 is 0 Å². The fraction of sp³-hybridized carbons (Fsp3) is 0.111. The lowest BCUT2D eigenvalue weighted by atomic mass is 10.2. The van der Waals surface area contributed by atoms with Crippen LogP contribution < -0.4 is 15.1 Å². The minimum Gasteiger partial charge on any atom is -0.482 e. The molecule has 5 nitrogen and oxygen atoms in total. The maximum absolute atomic E-state index is 11.8. The van der Waals surface area contributed by atoms with Gasteiger partial charge in [0.2, 0.25) is 0 Å². The van der Waals surface area contributed by atoms with Crippen LogP contribution in [0.3, 0.4) is 0 Å². The van der Waals surface area contributed by atoms with Crippen molar-refractivity contribution in [3.63, 3.8) is 0 Å². The number of esters is 1. The molecule has 0 saturated heterocycles. The van der Waals surface area contributed by atoms with E-state index in [2.05, 4.69) is 0 Å². The monoisotopic (exact) mass is 310 g/mol. The van der Waals surface area contributed by atoms with Gasteiger partial charge in [-0.3, -0.25) is 0 Å². The fourth-order valence-corrected chi connectivity index (χ4v) is 2.11. The highest BCUT2D eigenvalue weighted by molar-refractivity contribution is 5.80. The number of rotatable bonds is 4. The number of hydrogen-bond donors (Lipinski definition) is 0. The maximum atomic E-state index is 11.8. The van der Waals surface area contributed by atoms with E-state index in [4.69, 9.17) is 13.9 Å². The van der Waals surface area contributed by atoms with Crippen molar-refractivity contribution in [2.75, 3.05) is 6.61 Å². The molecular weight excluding hydrogens is 296 g/mol. The molecule has 1 aromatic heterocycles. The molecule has 0 unspecified atom stereocenters. The zero-order chi connectivity index (χ0) is 16.2. The van der Waals surface area contributed by atoms with E-state index in [1.165, 1.54) is 12.1 Å². The maximum Gasteiger partial charge on any atom is 0.349 e. The van der Waals surface area contributed by atoms with Gasteiger partial charge in [-0.2, -0.15) is 0 Å². The molecule has 0 amide bonds. The van der Waals surface area contributed by atoms with Crippen LogP contribution in [0.1, 0.15) is 5.56 Å². The van der Waals surface area contributed by atoms with Gasteiger partial charge in [-0.25, -0.2) is 9.59 Å². The van der Waals surface area contributed by atoms with E-state index in [9.17, 15) is 9.59 Å². The molecule has 0 aliphatic rings. The first-order valence-corrected chi connectivity index (χ1v) is 7.04. The highest BCUT2D eigenvalue weighted by Gasteiger charge is 2.08. The van der Waals surface area contributed by atoms with Crippen molar-refractivity contribution in [2.45, 2.75) is 6.92 Å². The Bertz CT molecular complexity index is 910. The highest BCUT2D eigenvalue weighted by Crippen LogP contribution is 2.19. The van der Waals surface area contributed by atoms with Crippen LogP contribution in [-0.4, -0.2) is 12.6 Å². The van der Waals surface area contributed by atoms with Crippen LogP contribution in [-0.2, 0) is 4.79 Å². The largest absolute Gasteiger partial charge is 0.482 e. The predicted octanol–water partition coefficient (Wildman–Crippen LogP) is 3.09. The summed E-state index contributed by atoms with van der Waals surface area (Å²) < 4.78 is 15.6. The van der Waals surface area contributed by atoms with Gasteiger partial charge in [0.05, 0.1) is 0 Å². The van der Waals surface area contributed by atoms with Crippen molar-refractivity contribution < 1.29 is 18.7 Å². The molecule has 0 spiro atoms. The molecule has 0 fully saturated rings. The fourth-order valence-electron chi connectivity index (χ4n) is 2.11. The Balaban J connectivity index is 1.66. The van der Waals surface area contributed by atoms with Crippen molar-refractivity contribution >= 4 is 16.9 Å². The van der Waals surface area contributed by atoms with Crippen molar-refractivity contribution in [3.05, 3.63) is 70.6 Å². The van der Waals surface area contributed by atoms with Gasteiger partial charge < -0.3 is 13.9 Å². The summed E-state index contributed by atoms with van der Waals surface area (Å²) in [5.41, 5.74) is 0.951. The van der Waals surface area contributed by atoms with Crippen LogP contribution >= 0.6 is 0 Å². The third-order valence-corrected chi connectivity index (χ3v) is 3.17. The van der Waals surface area contributed by atoms with Crippen LogP contribution in [0.25, 0.3) is 11.0 Å². The molecule has 2 aromatic carbocycles. The second-order valence-electron chi connectivity index (χ2n) is 5.03. The summed E-state index contributed by atoms with van der Waals surface area (Å²) >= 11 is 0. The van der Waals surface area contributed by atoms with Gasteiger partial charge in [0.25, 0.3) is 0 Å². The Morgan fingerprint density at radius 2 is 1.87 bits per heavy atom. The molecule has 23 heavy (non-hydrogen) atoms. The predicted molar refractivity (Wildman–Crippen MR) is 84.8 cm³/mol. The molecule has 0 aliphatic heterocycles. The molecule has 0 atom stereocenters. The number of carbonyl (C=O) groups excluding carboxylic acids is 1. The topological polar surface area (TPSA) is 65.7 Å². The van der Waals surface area contributed by atoms with Crippen LogP contribution in [0.5, 0.6) is 11.5 Å². The minimum absolute atomic E-state index is 0.208. The SMILES string of the molecule is Cc1cccc(OCC(=O)Oc2ccc3ccc(=O)oc3c2)c1. The van der Waals surface area contributed by atoms with Crippen molar-refractivity contribution in [1.82, 2.24) is 0 Å². The van der Waals surface area contributed by atoms with Crippen molar-refractivity contribution in [2.24, 2.45) is 0 Å². The third kappa shape index (κ3) is 3.77. The summed E-state index contributed by atoms with van der Waals surface area (Å²) in [6.45, 7) is 1.73. The Labute approximate surface area is 132 Å². The summed E-state index contributed by atoms with van der Waals surface area (Å²) in [7, 11) is 0. The third-order valence-electron chi connectivity index (χ3n) is 3.17. The first-order chi connectivity index (χ1) is 11.1. The van der Waals surface area contributed by atoms with E-state index in [0.717, 1.165) is 10.9 Å². The smallest absolute Gasteiger partial charge is 0.349 e. The molecular formula is C18H14O5. The lowest BCUT2D eigenvalue weighted by molar-refractivity contribution is -0.136. The first-order valence-electron chi connectivity index (χ1n) is 7.04. The molecule has 3 aromatic rings. The Morgan fingerprint density at radius 3 is 2.70 bits per heavy atom. The molecule has 0 N–H and O–H groups in total. The minimum atomic E-state index is -0.538. The number of ether oxygens (including phenoxy) is 2. The number of fused-ring (bicyclic) bond motifs is 1. The lowest BCUT2D eigenvalue weighted by Crippen LogP contribution is -2.17. The second-order valence-corrected chi connectivity index (χ2v) is 5.03. The molecule has 0 aliphatic carbocycles. The van der Waals surface area contributed by atoms with Crippen LogP contribution in [0.15, 0.2) is 63.8 Å². The van der Waals surface area contributed by atoms with Gasteiger partial charge in [0, 0.05) is 17.5 Å². The van der Waals surface area contributed by atoms with Gasteiger partial charge in [-0.15, -0.1) is 0 Å². The molecule has 3 rings (SSSR count). The van der Waals surface area contributed by atoms with Crippen molar-refractivity contribution in [1.29, 1.82) is 0 Å². The van der Waals surface area contributed by atoms with Gasteiger partial charge >= 0.3 is 11.6 Å². The highest BCUT2D eigenvalue weighted by atomic mass is 16.6. The number of benzene rings is 2. The summed E-state index contributed by atoms with van der Waals surface area (Å²) in [5, 5.41) is 0.750. The van der Waals surface area contributed by atoms with Crippen LogP contribution in [0.4, 0.5) is 0 Å². The molecule has 0 radical (unpaired) electrons. The lowest BCUT2D eigenvalue weighted by Gasteiger charge is -2.07. The first kappa shape index (κ1) is 14.8. The van der Waals surface area contributed by atoms with Crippen LogP contribution in [0.2, 0.25) is 0 Å². The van der Waals surface area contributed by atoms with E-state index in [1.807, 2.05) is 25.1 Å². The summed E-state index contributed by atoms with van der Waals surface area (Å²) in [6.07, 6.45) is 0. The van der Waals surface area contributed by atoms with E-state index in [0.29, 0.717) is 17.1 Å². The Morgan fingerprint density at radius 1 is 1.04 bits per heavy atom. The van der Waals surface area contributed by atoms with Gasteiger partial charge in [-0.05, 0) is 42.8 Å². The zero-order valence-electron chi connectivity index (χ0n) is 12.4. The average Bonchev–Trinajstić information content (AvgIpc) is 2.53. The number of carbonyl (C=O) groups is 1. The molecule has 0 saturated carbocycles. The molecule has 5 heteroatoms. The molecule has 116 valence electrons. The summed E-state index contributed by atoms with van der Waals surface area (Å²) in [4.78, 5) is 23.0. The van der Waals surface area contributed by atoms with E-state index in [-0.39, 0.29) is 6.61 Å². The van der Waals surface area contributed by atoms with Crippen LogP contribution in [0, 0.1) is 6.92 Å².